The van der Waals surface area contributed by atoms with E-state index in [2.05, 4.69) is 134 Å². The summed E-state index contributed by atoms with van der Waals surface area (Å²) in [6, 6.07) is 47.1. The molecule has 6 aromatic carbocycles. The van der Waals surface area contributed by atoms with Gasteiger partial charge in [0, 0.05) is 40.3 Å². The first-order chi connectivity index (χ1) is 19.2. The fraction of sp³-hybridized carbons (Fsp3) is 0.0270. The Morgan fingerprint density at radius 1 is 0.333 bits per heavy atom. The van der Waals surface area contributed by atoms with Gasteiger partial charge in [0.25, 0.3) is 0 Å². The Morgan fingerprint density at radius 3 is 1.36 bits per heavy atom. The van der Waals surface area contributed by atoms with Crippen LogP contribution in [0.2, 0.25) is 0 Å². The average molecular weight is 533 g/mol. The van der Waals surface area contributed by atoms with E-state index in [1.54, 1.807) is 0 Å². The maximum absolute atomic E-state index is 2.36. The zero-order valence-electron chi connectivity index (χ0n) is 21.4. The third kappa shape index (κ3) is 3.87. The second kappa shape index (κ2) is 8.91. The monoisotopic (exact) mass is 532 g/mol. The minimum atomic E-state index is 1.25. The number of aryl methyl sites for hydroxylation is 1. The molecule has 184 valence electrons. The van der Waals surface area contributed by atoms with Crippen molar-refractivity contribution in [1.29, 1.82) is 0 Å². The van der Waals surface area contributed by atoms with Gasteiger partial charge < -0.3 is 0 Å². The van der Waals surface area contributed by atoms with Crippen molar-refractivity contribution < 1.29 is 0 Å². The standard InChI is InChI=1S/C37H24S2/c1-23-17-28(20-29(18-23)27-14-16-33-31-10-3-5-12-35(31)39-37(33)22-27)25-8-6-7-24(19-25)26-13-15-32-30-9-2-4-11-34(30)38-36(32)21-26/h2-22H,1H3. The van der Waals surface area contributed by atoms with Crippen molar-refractivity contribution in [2.24, 2.45) is 0 Å². The summed E-state index contributed by atoms with van der Waals surface area (Å²) in [5, 5.41) is 5.38. The molecule has 0 aliphatic carbocycles. The highest BCUT2D eigenvalue weighted by Crippen LogP contribution is 2.39. The molecule has 2 heterocycles. The lowest BCUT2D eigenvalue weighted by atomic mass is 9.94. The number of rotatable bonds is 3. The van der Waals surface area contributed by atoms with Gasteiger partial charge >= 0.3 is 0 Å². The van der Waals surface area contributed by atoms with E-state index in [-0.39, 0.29) is 0 Å². The number of fused-ring (bicyclic) bond motifs is 6. The normalized spacial score (nSPS) is 11.7. The molecule has 0 N–H and O–H groups in total. The highest BCUT2D eigenvalue weighted by Gasteiger charge is 2.10. The van der Waals surface area contributed by atoms with Crippen LogP contribution in [-0.4, -0.2) is 0 Å². The molecule has 0 aliphatic rings. The number of benzene rings is 6. The van der Waals surface area contributed by atoms with Gasteiger partial charge in [0.2, 0.25) is 0 Å². The second-order valence-corrected chi connectivity index (χ2v) is 12.5. The van der Waals surface area contributed by atoms with Crippen molar-refractivity contribution in [2.75, 3.05) is 0 Å². The number of hydrogen-bond acceptors (Lipinski definition) is 2. The van der Waals surface area contributed by atoms with E-state index in [4.69, 9.17) is 0 Å². The Kier molecular flexibility index (Phi) is 5.19. The van der Waals surface area contributed by atoms with Crippen molar-refractivity contribution in [1.82, 2.24) is 0 Å². The number of thiophene rings is 2. The third-order valence-corrected chi connectivity index (χ3v) is 9.96. The molecule has 0 nitrogen and oxygen atoms in total. The van der Waals surface area contributed by atoms with Gasteiger partial charge in [-0.2, -0.15) is 0 Å². The summed E-state index contributed by atoms with van der Waals surface area (Å²) in [6.45, 7) is 2.20. The van der Waals surface area contributed by atoms with Crippen molar-refractivity contribution in [3.05, 3.63) is 133 Å². The summed E-state index contributed by atoms with van der Waals surface area (Å²) in [5.74, 6) is 0. The predicted molar refractivity (Wildman–Crippen MR) is 173 cm³/mol. The average Bonchev–Trinajstić information content (AvgIpc) is 3.54. The largest absolute Gasteiger partial charge is 0.135 e. The van der Waals surface area contributed by atoms with Crippen molar-refractivity contribution in [2.45, 2.75) is 6.92 Å². The minimum Gasteiger partial charge on any atom is -0.135 e. The Morgan fingerprint density at radius 2 is 0.769 bits per heavy atom. The van der Waals surface area contributed by atoms with Gasteiger partial charge in [0.15, 0.2) is 0 Å². The van der Waals surface area contributed by atoms with Gasteiger partial charge in [-0.05, 0) is 82.3 Å². The van der Waals surface area contributed by atoms with E-state index in [9.17, 15) is 0 Å². The maximum atomic E-state index is 2.36. The lowest BCUT2D eigenvalue weighted by Crippen LogP contribution is -1.86. The van der Waals surface area contributed by atoms with Gasteiger partial charge in [-0.3, -0.25) is 0 Å². The van der Waals surface area contributed by atoms with Crippen LogP contribution in [0.15, 0.2) is 127 Å². The van der Waals surface area contributed by atoms with Crippen LogP contribution < -0.4 is 0 Å². The third-order valence-electron chi connectivity index (χ3n) is 7.70. The highest BCUT2D eigenvalue weighted by atomic mass is 32.1. The molecule has 8 rings (SSSR count). The van der Waals surface area contributed by atoms with E-state index < -0.39 is 0 Å². The molecule has 8 aromatic rings. The molecular formula is C37H24S2. The molecule has 0 unspecified atom stereocenters. The molecule has 39 heavy (non-hydrogen) atoms. The molecule has 0 atom stereocenters. The van der Waals surface area contributed by atoms with Crippen LogP contribution in [0.3, 0.4) is 0 Å². The van der Waals surface area contributed by atoms with Crippen molar-refractivity contribution >= 4 is 63.0 Å². The first kappa shape index (κ1) is 22.7. The molecule has 0 radical (unpaired) electrons. The van der Waals surface area contributed by atoms with E-state index in [1.807, 2.05) is 22.7 Å². The van der Waals surface area contributed by atoms with E-state index in [0.717, 1.165) is 0 Å². The second-order valence-electron chi connectivity index (χ2n) is 10.3. The van der Waals surface area contributed by atoms with Crippen LogP contribution in [0.4, 0.5) is 0 Å². The first-order valence-electron chi connectivity index (χ1n) is 13.3. The lowest BCUT2D eigenvalue weighted by Gasteiger charge is -2.11. The van der Waals surface area contributed by atoms with Crippen LogP contribution >= 0.6 is 22.7 Å². The van der Waals surface area contributed by atoms with Crippen LogP contribution in [0.5, 0.6) is 0 Å². The van der Waals surface area contributed by atoms with Gasteiger partial charge in [-0.25, -0.2) is 0 Å². The molecule has 0 fully saturated rings. The Bertz CT molecular complexity index is 2190. The zero-order valence-corrected chi connectivity index (χ0v) is 23.1. The van der Waals surface area contributed by atoms with Gasteiger partial charge in [0.1, 0.15) is 0 Å². The fourth-order valence-corrected chi connectivity index (χ4v) is 8.10. The lowest BCUT2D eigenvalue weighted by molar-refractivity contribution is 1.46. The van der Waals surface area contributed by atoms with Crippen LogP contribution in [0, 0.1) is 6.92 Å². The summed E-state index contributed by atoms with van der Waals surface area (Å²) in [6.07, 6.45) is 0. The van der Waals surface area contributed by atoms with Gasteiger partial charge in [0.05, 0.1) is 0 Å². The molecule has 0 amide bonds. The van der Waals surface area contributed by atoms with Crippen LogP contribution in [-0.2, 0) is 0 Å². The van der Waals surface area contributed by atoms with Crippen molar-refractivity contribution in [3.63, 3.8) is 0 Å². The highest BCUT2D eigenvalue weighted by molar-refractivity contribution is 7.26. The predicted octanol–water partition coefficient (Wildman–Crippen LogP) is 11.7. The molecule has 0 aliphatic heterocycles. The molecular weight excluding hydrogens is 509 g/mol. The summed E-state index contributed by atoms with van der Waals surface area (Å²) in [4.78, 5) is 0. The summed E-state index contributed by atoms with van der Waals surface area (Å²) >= 11 is 3.75. The zero-order chi connectivity index (χ0) is 25.9. The summed E-state index contributed by atoms with van der Waals surface area (Å²) in [7, 11) is 0. The van der Waals surface area contributed by atoms with E-state index in [1.165, 1.54) is 79.3 Å². The SMILES string of the molecule is Cc1cc(-c2cccc(-c3ccc4c(c3)sc3ccccc34)c2)cc(-c2ccc3c(c2)sc2ccccc23)c1. The molecule has 2 heteroatoms. The molecule has 0 bridgehead atoms. The molecule has 0 saturated carbocycles. The maximum Gasteiger partial charge on any atom is 0.0361 e. The van der Waals surface area contributed by atoms with Gasteiger partial charge in [-0.1, -0.05) is 91.0 Å². The van der Waals surface area contributed by atoms with Gasteiger partial charge in [-0.15, -0.1) is 22.7 Å². The summed E-state index contributed by atoms with van der Waals surface area (Å²) in [5.41, 5.74) is 8.83. The van der Waals surface area contributed by atoms with E-state index >= 15 is 0 Å². The van der Waals surface area contributed by atoms with Crippen LogP contribution in [0.1, 0.15) is 5.56 Å². The van der Waals surface area contributed by atoms with E-state index in [0.29, 0.717) is 0 Å². The Hall–Kier alpha value is -4.24. The molecule has 0 saturated heterocycles. The minimum absolute atomic E-state index is 1.25. The fourth-order valence-electron chi connectivity index (χ4n) is 5.81. The number of hydrogen-bond donors (Lipinski definition) is 0. The first-order valence-corrected chi connectivity index (χ1v) is 14.9. The van der Waals surface area contributed by atoms with Crippen molar-refractivity contribution in [3.8, 4) is 33.4 Å². The summed E-state index contributed by atoms with van der Waals surface area (Å²) < 4.78 is 5.38. The Balaban J connectivity index is 1.20. The topological polar surface area (TPSA) is 0 Å². The van der Waals surface area contributed by atoms with Crippen LogP contribution in [0.25, 0.3) is 73.7 Å². The molecule has 2 aromatic heterocycles. The Labute approximate surface area is 235 Å². The molecule has 0 spiro atoms. The smallest absolute Gasteiger partial charge is 0.0361 e. The quantitative estimate of drug-likeness (QED) is 0.212.